The SMILES string of the molecule is Clc1nc2ccc(C=CCBr)cc2s1. The monoisotopic (exact) mass is 287 g/mol. The van der Waals surface area contributed by atoms with Gasteiger partial charge in [0.2, 0.25) is 0 Å². The number of hydrogen-bond acceptors (Lipinski definition) is 2. The Labute approximate surface area is 99.5 Å². The molecule has 72 valence electrons. The van der Waals surface area contributed by atoms with Gasteiger partial charge in [-0.2, -0.15) is 0 Å². The lowest BCUT2D eigenvalue weighted by Crippen LogP contribution is -1.72. The molecule has 2 rings (SSSR count). The normalized spacial score (nSPS) is 11.6. The van der Waals surface area contributed by atoms with Gasteiger partial charge in [-0.3, -0.25) is 0 Å². The highest BCUT2D eigenvalue weighted by atomic mass is 79.9. The number of halogens is 2. The minimum absolute atomic E-state index is 0.599. The van der Waals surface area contributed by atoms with Crippen LogP contribution in [0.4, 0.5) is 0 Å². The van der Waals surface area contributed by atoms with Crippen molar-refractivity contribution in [3.8, 4) is 0 Å². The molecule has 0 saturated heterocycles. The van der Waals surface area contributed by atoms with Gasteiger partial charge >= 0.3 is 0 Å². The standard InChI is InChI=1S/C10H7BrClNS/c11-5-1-2-7-3-4-8-9(6-7)14-10(12)13-8/h1-4,6H,5H2. The van der Waals surface area contributed by atoms with Gasteiger partial charge < -0.3 is 0 Å². The molecule has 4 heteroatoms. The first kappa shape index (κ1) is 10.1. The lowest BCUT2D eigenvalue weighted by molar-refractivity contribution is 1.50. The second kappa shape index (κ2) is 4.43. The number of aromatic nitrogens is 1. The third-order valence-electron chi connectivity index (χ3n) is 1.79. The van der Waals surface area contributed by atoms with E-state index in [2.05, 4.69) is 39.1 Å². The Bertz CT molecular complexity index is 478. The van der Waals surface area contributed by atoms with Crippen LogP contribution < -0.4 is 0 Å². The van der Waals surface area contributed by atoms with Crippen molar-refractivity contribution in [3.05, 3.63) is 34.3 Å². The minimum atomic E-state index is 0.599. The maximum Gasteiger partial charge on any atom is 0.184 e. The first-order valence-electron chi connectivity index (χ1n) is 4.08. The molecule has 1 aromatic heterocycles. The van der Waals surface area contributed by atoms with Crippen LogP contribution in [0.5, 0.6) is 0 Å². The zero-order valence-electron chi connectivity index (χ0n) is 7.21. The van der Waals surface area contributed by atoms with Crippen molar-refractivity contribution in [2.24, 2.45) is 0 Å². The predicted octanol–water partition coefficient (Wildman–Crippen LogP) is 4.36. The predicted molar refractivity (Wildman–Crippen MR) is 67.5 cm³/mol. The molecule has 0 amide bonds. The van der Waals surface area contributed by atoms with Gasteiger partial charge in [0.15, 0.2) is 4.47 Å². The molecule has 0 atom stereocenters. The Morgan fingerprint density at radius 2 is 2.36 bits per heavy atom. The summed E-state index contributed by atoms with van der Waals surface area (Å²) in [5.41, 5.74) is 2.15. The first-order valence-corrected chi connectivity index (χ1v) is 6.40. The summed E-state index contributed by atoms with van der Waals surface area (Å²) in [6, 6.07) is 6.13. The van der Waals surface area contributed by atoms with Crippen LogP contribution in [-0.4, -0.2) is 10.3 Å². The first-order chi connectivity index (χ1) is 6.79. The number of fused-ring (bicyclic) bond motifs is 1. The molecule has 1 aromatic carbocycles. The van der Waals surface area contributed by atoms with Gasteiger partial charge in [0.05, 0.1) is 10.2 Å². The highest BCUT2D eigenvalue weighted by Gasteiger charge is 2.00. The van der Waals surface area contributed by atoms with E-state index >= 15 is 0 Å². The third-order valence-corrected chi connectivity index (χ3v) is 3.28. The molecule has 1 nitrogen and oxygen atoms in total. The number of benzene rings is 1. The second-order valence-electron chi connectivity index (χ2n) is 2.75. The van der Waals surface area contributed by atoms with Crippen LogP contribution in [0.3, 0.4) is 0 Å². The number of alkyl halides is 1. The van der Waals surface area contributed by atoms with Crippen molar-refractivity contribution >= 4 is 55.2 Å². The summed E-state index contributed by atoms with van der Waals surface area (Å²) in [5.74, 6) is 0. The van der Waals surface area contributed by atoms with Crippen LogP contribution in [0.2, 0.25) is 4.47 Å². The Hall–Kier alpha value is -0.380. The number of thiazole rings is 1. The number of hydrogen-bond donors (Lipinski definition) is 0. The number of allylic oxidation sites excluding steroid dienone is 1. The van der Waals surface area contributed by atoms with E-state index in [9.17, 15) is 0 Å². The van der Waals surface area contributed by atoms with Crippen LogP contribution in [0.15, 0.2) is 24.3 Å². The zero-order chi connectivity index (χ0) is 9.97. The third kappa shape index (κ3) is 2.16. The highest BCUT2D eigenvalue weighted by molar-refractivity contribution is 9.09. The summed E-state index contributed by atoms with van der Waals surface area (Å²) in [7, 11) is 0. The van der Waals surface area contributed by atoms with Gasteiger partial charge in [-0.15, -0.1) is 11.3 Å². The molecule has 0 aliphatic heterocycles. The minimum Gasteiger partial charge on any atom is -0.225 e. The van der Waals surface area contributed by atoms with E-state index in [1.807, 2.05) is 12.1 Å². The molecule has 0 N–H and O–H groups in total. The van der Waals surface area contributed by atoms with Crippen molar-refractivity contribution in [3.63, 3.8) is 0 Å². The van der Waals surface area contributed by atoms with Crippen LogP contribution in [-0.2, 0) is 0 Å². The fourth-order valence-corrected chi connectivity index (χ4v) is 2.46. The maximum atomic E-state index is 5.82. The van der Waals surface area contributed by atoms with E-state index in [-0.39, 0.29) is 0 Å². The lowest BCUT2D eigenvalue weighted by Gasteiger charge is -1.91. The highest BCUT2D eigenvalue weighted by Crippen LogP contribution is 2.26. The van der Waals surface area contributed by atoms with E-state index in [4.69, 9.17) is 11.6 Å². The van der Waals surface area contributed by atoms with E-state index in [0.29, 0.717) is 4.47 Å². The topological polar surface area (TPSA) is 12.9 Å². The lowest BCUT2D eigenvalue weighted by atomic mass is 10.2. The largest absolute Gasteiger partial charge is 0.225 e. The van der Waals surface area contributed by atoms with Crippen LogP contribution >= 0.6 is 38.9 Å². The van der Waals surface area contributed by atoms with Crippen LogP contribution in [0, 0.1) is 0 Å². The molecule has 0 spiro atoms. The molecular formula is C10H7BrClNS. The Balaban J connectivity index is 2.45. The van der Waals surface area contributed by atoms with E-state index in [1.54, 1.807) is 0 Å². The average molecular weight is 289 g/mol. The van der Waals surface area contributed by atoms with Gasteiger partial charge in [-0.1, -0.05) is 45.7 Å². The summed E-state index contributed by atoms with van der Waals surface area (Å²) in [6.45, 7) is 0. The van der Waals surface area contributed by atoms with Gasteiger partial charge in [-0.05, 0) is 17.7 Å². The molecule has 0 aliphatic carbocycles. The average Bonchev–Trinajstić information content (AvgIpc) is 2.54. The molecule has 0 bridgehead atoms. The Morgan fingerprint density at radius 3 is 3.14 bits per heavy atom. The van der Waals surface area contributed by atoms with E-state index in [0.717, 1.165) is 15.5 Å². The summed E-state index contributed by atoms with van der Waals surface area (Å²) < 4.78 is 1.73. The van der Waals surface area contributed by atoms with Crippen LogP contribution in [0.25, 0.3) is 16.3 Å². The molecule has 2 aromatic rings. The molecule has 0 fully saturated rings. The molecule has 0 unspecified atom stereocenters. The fraction of sp³-hybridized carbons (Fsp3) is 0.100. The molecule has 0 saturated carbocycles. The molecule has 0 radical (unpaired) electrons. The van der Waals surface area contributed by atoms with Crippen molar-refractivity contribution in [1.82, 2.24) is 4.98 Å². The number of nitrogens with zero attached hydrogens (tertiary/aromatic N) is 1. The molecule has 14 heavy (non-hydrogen) atoms. The van der Waals surface area contributed by atoms with Crippen molar-refractivity contribution in [1.29, 1.82) is 0 Å². The quantitative estimate of drug-likeness (QED) is 0.748. The fourth-order valence-electron chi connectivity index (χ4n) is 1.20. The summed E-state index contributed by atoms with van der Waals surface area (Å²) >= 11 is 10.7. The van der Waals surface area contributed by atoms with Crippen molar-refractivity contribution < 1.29 is 0 Å². The zero-order valence-corrected chi connectivity index (χ0v) is 10.4. The Morgan fingerprint density at radius 1 is 1.50 bits per heavy atom. The maximum absolute atomic E-state index is 5.82. The molecular weight excluding hydrogens is 282 g/mol. The summed E-state index contributed by atoms with van der Waals surface area (Å²) in [6.07, 6.45) is 4.13. The van der Waals surface area contributed by atoms with Gasteiger partial charge in [-0.25, -0.2) is 4.98 Å². The van der Waals surface area contributed by atoms with Gasteiger partial charge in [0.1, 0.15) is 0 Å². The summed E-state index contributed by atoms with van der Waals surface area (Å²) in [4.78, 5) is 4.19. The van der Waals surface area contributed by atoms with Gasteiger partial charge in [0.25, 0.3) is 0 Å². The van der Waals surface area contributed by atoms with Crippen molar-refractivity contribution in [2.45, 2.75) is 0 Å². The van der Waals surface area contributed by atoms with E-state index < -0.39 is 0 Å². The van der Waals surface area contributed by atoms with Gasteiger partial charge in [0, 0.05) is 5.33 Å². The molecule has 0 aliphatic rings. The smallest absolute Gasteiger partial charge is 0.184 e. The number of rotatable bonds is 2. The summed E-state index contributed by atoms with van der Waals surface area (Å²) in [5, 5.41) is 0.870. The second-order valence-corrected chi connectivity index (χ2v) is 5.01. The van der Waals surface area contributed by atoms with Crippen molar-refractivity contribution in [2.75, 3.05) is 5.33 Å². The Kier molecular flexibility index (Phi) is 3.21. The van der Waals surface area contributed by atoms with E-state index in [1.165, 1.54) is 16.9 Å². The molecule has 1 heterocycles. The van der Waals surface area contributed by atoms with Crippen LogP contribution in [0.1, 0.15) is 5.56 Å².